The van der Waals surface area contributed by atoms with Crippen molar-refractivity contribution in [2.24, 2.45) is 13.0 Å². The Morgan fingerprint density at radius 2 is 1.80 bits per heavy atom. The van der Waals surface area contributed by atoms with Crippen LogP contribution in [0.3, 0.4) is 0 Å². The molecule has 2 N–H and O–H groups in total. The Hall–Kier alpha value is -1.93. The van der Waals surface area contributed by atoms with Crippen molar-refractivity contribution in [2.75, 3.05) is 25.4 Å². The van der Waals surface area contributed by atoms with Crippen LogP contribution in [-0.4, -0.2) is 51.7 Å². The normalized spacial score (nSPS) is 21.7. The van der Waals surface area contributed by atoms with Crippen LogP contribution in [0.1, 0.15) is 38.1 Å². The van der Waals surface area contributed by atoms with Gasteiger partial charge in [0.15, 0.2) is 5.78 Å². The molecule has 8 heteroatoms. The zero-order valence-corrected chi connectivity index (χ0v) is 15.6. The lowest BCUT2D eigenvalue weighted by Crippen LogP contribution is -2.49. The zero-order chi connectivity index (χ0) is 18.9. The van der Waals surface area contributed by atoms with Crippen LogP contribution < -0.4 is 17.0 Å². The van der Waals surface area contributed by atoms with Crippen molar-refractivity contribution in [3.63, 3.8) is 0 Å². The predicted molar refractivity (Wildman–Crippen MR) is 96.0 cm³/mol. The molecule has 0 saturated carbocycles. The second-order valence-corrected chi connectivity index (χ2v) is 7.29. The van der Waals surface area contributed by atoms with Crippen LogP contribution in [-0.2, 0) is 18.3 Å². The molecule has 0 aromatic carbocycles. The van der Waals surface area contributed by atoms with E-state index >= 15 is 0 Å². The Morgan fingerprint density at radius 3 is 2.32 bits per heavy atom. The third kappa shape index (κ3) is 4.19. The van der Waals surface area contributed by atoms with Crippen LogP contribution in [0.5, 0.6) is 0 Å². The largest absolute Gasteiger partial charge is 0.384 e. The summed E-state index contributed by atoms with van der Waals surface area (Å²) in [5, 5.41) is 0. The fourth-order valence-electron chi connectivity index (χ4n) is 3.28. The molecule has 1 aromatic rings. The monoisotopic (exact) mass is 352 g/mol. The summed E-state index contributed by atoms with van der Waals surface area (Å²) in [7, 11) is 1.37. The fourth-order valence-corrected chi connectivity index (χ4v) is 3.28. The maximum atomic E-state index is 12.8. The number of hydrogen-bond acceptors (Lipinski definition) is 6. The van der Waals surface area contributed by atoms with Crippen molar-refractivity contribution in [3.8, 4) is 0 Å². The van der Waals surface area contributed by atoms with Crippen LogP contribution >= 0.6 is 0 Å². The molecule has 0 radical (unpaired) electrons. The van der Waals surface area contributed by atoms with Gasteiger partial charge < -0.3 is 10.5 Å². The predicted octanol–water partition coefficient (Wildman–Crippen LogP) is 0.0771. The SMILES string of the molecule is CC(C)Cn1c(N)c(C(=O)CN2CC(C)OC(C)C2)c(=O)n(C)c1=O. The highest BCUT2D eigenvalue weighted by molar-refractivity contribution is 6.01. The highest BCUT2D eigenvalue weighted by Crippen LogP contribution is 2.13. The Kier molecular flexibility index (Phi) is 5.84. The molecule has 0 aliphatic carbocycles. The van der Waals surface area contributed by atoms with Gasteiger partial charge in [0.25, 0.3) is 5.56 Å². The highest BCUT2D eigenvalue weighted by atomic mass is 16.5. The molecule has 140 valence electrons. The Balaban J connectivity index is 2.37. The number of aromatic nitrogens is 2. The summed E-state index contributed by atoms with van der Waals surface area (Å²) in [5.41, 5.74) is 4.81. The number of anilines is 1. The van der Waals surface area contributed by atoms with E-state index in [4.69, 9.17) is 10.5 Å². The number of ether oxygens (including phenoxy) is 1. The molecular weight excluding hydrogens is 324 g/mol. The van der Waals surface area contributed by atoms with E-state index in [0.29, 0.717) is 19.6 Å². The number of ketones is 1. The van der Waals surface area contributed by atoms with Crippen molar-refractivity contribution in [3.05, 3.63) is 26.4 Å². The Labute approximate surface area is 147 Å². The van der Waals surface area contributed by atoms with Gasteiger partial charge in [0.1, 0.15) is 11.4 Å². The lowest BCUT2D eigenvalue weighted by Gasteiger charge is -2.34. The average Bonchev–Trinajstić information content (AvgIpc) is 2.48. The number of carbonyl (C=O) groups excluding carboxylic acids is 1. The average molecular weight is 352 g/mol. The standard InChI is InChI=1S/C17H28N4O4/c1-10(2)6-21-15(18)14(16(23)19(5)17(21)24)13(22)9-20-7-11(3)25-12(4)8-20/h10-12H,6-9,18H2,1-5H3. The van der Waals surface area contributed by atoms with Crippen molar-refractivity contribution in [1.82, 2.24) is 14.0 Å². The van der Waals surface area contributed by atoms with Crippen molar-refractivity contribution in [1.29, 1.82) is 0 Å². The van der Waals surface area contributed by atoms with Crippen LogP contribution in [0.25, 0.3) is 0 Å². The van der Waals surface area contributed by atoms with E-state index < -0.39 is 11.2 Å². The summed E-state index contributed by atoms with van der Waals surface area (Å²) >= 11 is 0. The minimum absolute atomic E-state index is 0.0200. The minimum atomic E-state index is -0.637. The maximum Gasteiger partial charge on any atom is 0.332 e. The maximum absolute atomic E-state index is 12.8. The van der Waals surface area contributed by atoms with Gasteiger partial charge in [-0.3, -0.25) is 23.6 Å². The number of morpholine rings is 1. The van der Waals surface area contributed by atoms with E-state index in [1.54, 1.807) is 0 Å². The van der Waals surface area contributed by atoms with Gasteiger partial charge in [-0.25, -0.2) is 4.79 Å². The van der Waals surface area contributed by atoms with E-state index in [2.05, 4.69) is 0 Å². The van der Waals surface area contributed by atoms with Crippen molar-refractivity contribution >= 4 is 11.6 Å². The summed E-state index contributed by atoms with van der Waals surface area (Å²) in [6.07, 6.45) is 0.0400. The number of rotatable bonds is 5. The number of hydrogen-bond donors (Lipinski definition) is 1. The first-order valence-corrected chi connectivity index (χ1v) is 8.62. The molecular formula is C17H28N4O4. The van der Waals surface area contributed by atoms with Gasteiger partial charge in [0.2, 0.25) is 0 Å². The molecule has 2 rings (SSSR count). The molecule has 2 heterocycles. The lowest BCUT2D eigenvalue weighted by atomic mass is 10.1. The Morgan fingerprint density at radius 1 is 1.24 bits per heavy atom. The third-order valence-electron chi connectivity index (χ3n) is 4.27. The van der Waals surface area contributed by atoms with Crippen molar-refractivity contribution < 1.29 is 9.53 Å². The molecule has 0 amide bonds. The summed E-state index contributed by atoms with van der Waals surface area (Å²) in [6, 6.07) is 0. The molecule has 0 bridgehead atoms. The lowest BCUT2D eigenvalue weighted by molar-refractivity contribution is -0.0652. The Bertz CT molecular complexity index is 755. The molecule has 25 heavy (non-hydrogen) atoms. The van der Waals surface area contributed by atoms with Gasteiger partial charge in [-0.1, -0.05) is 13.8 Å². The molecule has 1 aliphatic heterocycles. The molecule has 8 nitrogen and oxygen atoms in total. The van der Waals surface area contributed by atoms with E-state index in [1.165, 1.54) is 11.6 Å². The van der Waals surface area contributed by atoms with E-state index in [9.17, 15) is 14.4 Å². The molecule has 0 spiro atoms. The van der Waals surface area contributed by atoms with Gasteiger partial charge in [0.05, 0.1) is 18.8 Å². The van der Waals surface area contributed by atoms with Crippen LogP contribution in [0.15, 0.2) is 9.59 Å². The van der Waals surface area contributed by atoms with Gasteiger partial charge in [-0.2, -0.15) is 0 Å². The third-order valence-corrected chi connectivity index (χ3v) is 4.27. The van der Waals surface area contributed by atoms with Crippen molar-refractivity contribution in [2.45, 2.75) is 46.4 Å². The first kappa shape index (κ1) is 19.4. The van der Waals surface area contributed by atoms with Gasteiger partial charge in [0, 0.05) is 26.7 Å². The number of nitrogens with zero attached hydrogens (tertiary/aromatic N) is 3. The highest BCUT2D eigenvalue weighted by Gasteiger charge is 2.27. The van der Waals surface area contributed by atoms with E-state index in [1.807, 2.05) is 32.6 Å². The fraction of sp³-hybridized carbons (Fsp3) is 0.706. The summed E-state index contributed by atoms with van der Waals surface area (Å²) in [5.74, 6) is -0.251. The number of nitrogen functional groups attached to an aromatic ring is 1. The second kappa shape index (κ2) is 7.53. The van der Waals surface area contributed by atoms with E-state index in [-0.39, 0.29) is 41.8 Å². The molecule has 2 unspecified atom stereocenters. The smallest absolute Gasteiger partial charge is 0.332 e. The first-order chi connectivity index (χ1) is 11.6. The molecule has 1 saturated heterocycles. The summed E-state index contributed by atoms with van der Waals surface area (Å²) < 4.78 is 7.92. The van der Waals surface area contributed by atoms with Crippen LogP contribution in [0.2, 0.25) is 0 Å². The van der Waals surface area contributed by atoms with Crippen LogP contribution in [0, 0.1) is 5.92 Å². The molecule has 1 aromatic heterocycles. The second-order valence-electron chi connectivity index (χ2n) is 7.29. The van der Waals surface area contributed by atoms with Crippen LogP contribution in [0.4, 0.5) is 5.82 Å². The van der Waals surface area contributed by atoms with E-state index in [0.717, 1.165) is 4.57 Å². The minimum Gasteiger partial charge on any atom is -0.384 e. The number of carbonyl (C=O) groups is 1. The van der Waals surface area contributed by atoms with Gasteiger partial charge in [-0.15, -0.1) is 0 Å². The number of nitrogens with two attached hydrogens (primary N) is 1. The topological polar surface area (TPSA) is 99.6 Å². The first-order valence-electron chi connectivity index (χ1n) is 8.62. The zero-order valence-electron chi connectivity index (χ0n) is 15.6. The molecule has 1 aliphatic rings. The van der Waals surface area contributed by atoms with Gasteiger partial charge in [-0.05, 0) is 19.8 Å². The molecule has 2 atom stereocenters. The van der Waals surface area contributed by atoms with Gasteiger partial charge >= 0.3 is 5.69 Å². The quantitative estimate of drug-likeness (QED) is 0.753. The molecule has 1 fully saturated rings. The summed E-state index contributed by atoms with van der Waals surface area (Å²) in [4.78, 5) is 39.5. The summed E-state index contributed by atoms with van der Waals surface area (Å²) in [6.45, 7) is 9.43. The number of Topliss-reactive ketones (excluding diaryl/α,β-unsaturated/α-hetero) is 1.